The first kappa shape index (κ1) is 18.6. The SMILES string of the molecule is Cc1ccccc1NC(=O)C(C)N1CCCN(C(=O)c2ccsc2)CC1. The normalized spacial score (nSPS) is 16.8. The van der Waals surface area contributed by atoms with Crippen LogP contribution >= 0.6 is 11.3 Å². The van der Waals surface area contributed by atoms with Gasteiger partial charge in [0.15, 0.2) is 0 Å². The molecule has 1 aliphatic heterocycles. The Kier molecular flexibility index (Phi) is 6.06. The number of carbonyl (C=O) groups is 2. The smallest absolute Gasteiger partial charge is 0.254 e. The first-order valence-corrected chi connectivity index (χ1v) is 9.92. The molecule has 0 bridgehead atoms. The minimum Gasteiger partial charge on any atom is -0.337 e. The summed E-state index contributed by atoms with van der Waals surface area (Å²) in [6.45, 7) is 6.83. The fraction of sp³-hybridized carbons (Fsp3) is 0.400. The summed E-state index contributed by atoms with van der Waals surface area (Å²) in [5.41, 5.74) is 2.67. The van der Waals surface area contributed by atoms with Crippen LogP contribution in [0.2, 0.25) is 0 Å². The van der Waals surface area contributed by atoms with Crippen LogP contribution in [0, 0.1) is 6.92 Å². The summed E-state index contributed by atoms with van der Waals surface area (Å²) >= 11 is 1.54. The molecule has 1 saturated heterocycles. The number of rotatable bonds is 4. The van der Waals surface area contributed by atoms with E-state index in [0.29, 0.717) is 13.1 Å². The van der Waals surface area contributed by atoms with Crippen molar-refractivity contribution in [3.63, 3.8) is 0 Å². The van der Waals surface area contributed by atoms with Crippen LogP contribution in [0.15, 0.2) is 41.1 Å². The molecular weight excluding hydrogens is 346 g/mol. The maximum absolute atomic E-state index is 12.6. The first-order chi connectivity index (χ1) is 12.6. The molecule has 0 spiro atoms. The van der Waals surface area contributed by atoms with Gasteiger partial charge in [-0.15, -0.1) is 0 Å². The molecule has 1 aromatic carbocycles. The van der Waals surface area contributed by atoms with Crippen LogP contribution < -0.4 is 5.32 Å². The van der Waals surface area contributed by atoms with E-state index in [1.807, 2.05) is 59.8 Å². The number of aryl methyl sites for hydroxylation is 1. The molecule has 3 rings (SSSR count). The van der Waals surface area contributed by atoms with E-state index in [1.54, 1.807) is 0 Å². The first-order valence-electron chi connectivity index (χ1n) is 8.98. The van der Waals surface area contributed by atoms with Crippen molar-refractivity contribution in [2.75, 3.05) is 31.5 Å². The van der Waals surface area contributed by atoms with Gasteiger partial charge in [0, 0.05) is 37.2 Å². The third kappa shape index (κ3) is 4.31. The van der Waals surface area contributed by atoms with Crippen LogP contribution in [0.3, 0.4) is 0 Å². The quantitative estimate of drug-likeness (QED) is 0.898. The Labute approximate surface area is 158 Å². The van der Waals surface area contributed by atoms with Crippen molar-refractivity contribution in [2.24, 2.45) is 0 Å². The number of nitrogens with one attached hydrogen (secondary N) is 1. The molecular formula is C20H25N3O2S. The largest absolute Gasteiger partial charge is 0.337 e. The highest BCUT2D eigenvalue weighted by Crippen LogP contribution is 2.16. The van der Waals surface area contributed by atoms with E-state index in [-0.39, 0.29) is 17.9 Å². The maximum Gasteiger partial charge on any atom is 0.254 e. The summed E-state index contributed by atoms with van der Waals surface area (Å²) < 4.78 is 0. The topological polar surface area (TPSA) is 52.7 Å². The van der Waals surface area contributed by atoms with Crippen LogP contribution in [0.1, 0.15) is 29.3 Å². The summed E-state index contributed by atoms with van der Waals surface area (Å²) in [6, 6.07) is 9.43. The van der Waals surface area contributed by atoms with E-state index in [4.69, 9.17) is 0 Å². The van der Waals surface area contributed by atoms with Crippen molar-refractivity contribution in [1.82, 2.24) is 9.80 Å². The maximum atomic E-state index is 12.6. The molecule has 2 amide bonds. The van der Waals surface area contributed by atoms with Crippen LogP contribution in [0.4, 0.5) is 5.69 Å². The lowest BCUT2D eigenvalue weighted by Gasteiger charge is -2.27. The van der Waals surface area contributed by atoms with E-state index >= 15 is 0 Å². The van der Waals surface area contributed by atoms with Crippen LogP contribution in [-0.2, 0) is 4.79 Å². The highest BCUT2D eigenvalue weighted by molar-refractivity contribution is 7.08. The zero-order valence-electron chi connectivity index (χ0n) is 15.3. The molecule has 1 atom stereocenters. The van der Waals surface area contributed by atoms with Gasteiger partial charge in [-0.1, -0.05) is 18.2 Å². The lowest BCUT2D eigenvalue weighted by Crippen LogP contribution is -2.44. The summed E-state index contributed by atoms with van der Waals surface area (Å²) in [7, 11) is 0. The zero-order valence-corrected chi connectivity index (χ0v) is 16.1. The average molecular weight is 372 g/mol. The van der Waals surface area contributed by atoms with E-state index in [2.05, 4.69) is 10.2 Å². The predicted octanol–water partition coefficient (Wildman–Crippen LogP) is 3.23. The van der Waals surface area contributed by atoms with E-state index < -0.39 is 0 Å². The molecule has 0 aliphatic carbocycles. The molecule has 0 saturated carbocycles. The van der Waals surface area contributed by atoms with Crippen molar-refractivity contribution in [3.8, 4) is 0 Å². The van der Waals surface area contributed by atoms with Crippen molar-refractivity contribution in [2.45, 2.75) is 26.3 Å². The molecule has 1 aromatic heterocycles. The number of nitrogens with zero attached hydrogens (tertiary/aromatic N) is 2. The minimum atomic E-state index is -0.231. The second-order valence-corrected chi connectivity index (χ2v) is 7.45. The molecule has 1 N–H and O–H groups in total. The van der Waals surface area contributed by atoms with Crippen LogP contribution in [-0.4, -0.2) is 53.8 Å². The van der Waals surface area contributed by atoms with Crippen molar-refractivity contribution in [1.29, 1.82) is 0 Å². The molecule has 2 aromatic rings. The number of para-hydroxylation sites is 1. The Bertz CT molecular complexity index is 760. The molecule has 26 heavy (non-hydrogen) atoms. The molecule has 1 fully saturated rings. The average Bonchev–Trinajstić information content (AvgIpc) is 3.07. The lowest BCUT2D eigenvalue weighted by molar-refractivity contribution is -0.120. The fourth-order valence-electron chi connectivity index (χ4n) is 3.21. The van der Waals surface area contributed by atoms with Gasteiger partial charge in [-0.2, -0.15) is 11.3 Å². The third-order valence-electron chi connectivity index (χ3n) is 4.92. The van der Waals surface area contributed by atoms with E-state index in [1.165, 1.54) is 11.3 Å². The molecule has 138 valence electrons. The van der Waals surface area contributed by atoms with Crippen molar-refractivity contribution >= 4 is 28.8 Å². The molecule has 1 unspecified atom stereocenters. The summed E-state index contributed by atoms with van der Waals surface area (Å²) in [5, 5.41) is 6.84. The Morgan fingerprint density at radius 1 is 1.12 bits per heavy atom. The monoisotopic (exact) mass is 371 g/mol. The number of hydrogen-bond donors (Lipinski definition) is 1. The second kappa shape index (κ2) is 8.47. The predicted molar refractivity (Wildman–Crippen MR) is 106 cm³/mol. The van der Waals surface area contributed by atoms with Gasteiger partial charge < -0.3 is 10.2 Å². The number of anilines is 1. The standard InChI is InChI=1S/C20H25N3O2S/c1-15-6-3-4-7-18(15)21-19(24)16(2)22-9-5-10-23(12-11-22)20(25)17-8-13-26-14-17/h3-4,6-8,13-14,16H,5,9-12H2,1-2H3,(H,21,24). The molecule has 2 heterocycles. The summed E-state index contributed by atoms with van der Waals surface area (Å²) in [6.07, 6.45) is 0.873. The number of benzene rings is 1. The van der Waals surface area contributed by atoms with Gasteiger partial charge in [0.2, 0.25) is 5.91 Å². The molecule has 0 radical (unpaired) electrons. The minimum absolute atomic E-state index is 0.00286. The Hall–Kier alpha value is -2.18. The summed E-state index contributed by atoms with van der Waals surface area (Å²) in [4.78, 5) is 29.2. The van der Waals surface area contributed by atoms with E-state index in [9.17, 15) is 9.59 Å². The Balaban J connectivity index is 1.58. The van der Waals surface area contributed by atoms with Crippen molar-refractivity contribution < 1.29 is 9.59 Å². The number of carbonyl (C=O) groups excluding carboxylic acids is 2. The van der Waals surface area contributed by atoms with Gasteiger partial charge in [0.25, 0.3) is 5.91 Å². The fourth-order valence-corrected chi connectivity index (χ4v) is 3.84. The van der Waals surface area contributed by atoms with Gasteiger partial charge in [0.05, 0.1) is 11.6 Å². The van der Waals surface area contributed by atoms with Gasteiger partial charge in [-0.05, 0) is 43.3 Å². The molecule has 5 nitrogen and oxygen atoms in total. The lowest BCUT2D eigenvalue weighted by atomic mass is 10.2. The van der Waals surface area contributed by atoms with Crippen LogP contribution in [0.5, 0.6) is 0 Å². The zero-order chi connectivity index (χ0) is 18.5. The third-order valence-corrected chi connectivity index (χ3v) is 5.60. The Morgan fingerprint density at radius 2 is 1.92 bits per heavy atom. The number of amides is 2. The number of thiophene rings is 1. The molecule has 6 heteroatoms. The van der Waals surface area contributed by atoms with Gasteiger partial charge in [-0.25, -0.2) is 0 Å². The highest BCUT2D eigenvalue weighted by Gasteiger charge is 2.26. The van der Waals surface area contributed by atoms with Crippen LogP contribution in [0.25, 0.3) is 0 Å². The highest BCUT2D eigenvalue weighted by atomic mass is 32.1. The Morgan fingerprint density at radius 3 is 2.65 bits per heavy atom. The van der Waals surface area contributed by atoms with Gasteiger partial charge in [0.1, 0.15) is 0 Å². The molecule has 1 aliphatic rings. The summed E-state index contributed by atoms with van der Waals surface area (Å²) in [5.74, 6) is 0.0852. The van der Waals surface area contributed by atoms with Gasteiger partial charge in [-0.3, -0.25) is 14.5 Å². The van der Waals surface area contributed by atoms with Crippen molar-refractivity contribution in [3.05, 3.63) is 52.2 Å². The number of hydrogen-bond acceptors (Lipinski definition) is 4. The van der Waals surface area contributed by atoms with E-state index in [0.717, 1.165) is 36.3 Å². The van der Waals surface area contributed by atoms with Gasteiger partial charge >= 0.3 is 0 Å². The second-order valence-electron chi connectivity index (χ2n) is 6.67.